The highest BCUT2D eigenvalue weighted by atomic mass is 16.6. The molecule has 0 aromatic heterocycles. The smallest absolute Gasteiger partial charge is 0.302 e. The van der Waals surface area contributed by atoms with Crippen molar-refractivity contribution >= 4 is 5.97 Å². The highest BCUT2D eigenvalue weighted by molar-refractivity contribution is 5.66. The van der Waals surface area contributed by atoms with Gasteiger partial charge in [0.2, 0.25) is 0 Å². The van der Waals surface area contributed by atoms with Gasteiger partial charge in [-0.25, -0.2) is 0 Å². The molecule has 140 valence electrons. The van der Waals surface area contributed by atoms with Crippen molar-refractivity contribution in [1.29, 1.82) is 0 Å². The summed E-state index contributed by atoms with van der Waals surface area (Å²) in [6, 6.07) is 0. The summed E-state index contributed by atoms with van der Waals surface area (Å²) >= 11 is 0. The normalized spacial score (nSPS) is 44.0. The van der Waals surface area contributed by atoms with Crippen molar-refractivity contribution in [2.45, 2.75) is 91.0 Å². The van der Waals surface area contributed by atoms with Gasteiger partial charge >= 0.3 is 5.97 Å². The van der Waals surface area contributed by atoms with Gasteiger partial charge in [0, 0.05) is 12.3 Å². The molecule has 0 spiro atoms. The number of fused-ring (bicyclic) bond motifs is 2. The summed E-state index contributed by atoms with van der Waals surface area (Å²) in [5.41, 5.74) is 2.65. The zero-order valence-corrected chi connectivity index (χ0v) is 16.6. The Morgan fingerprint density at radius 2 is 2.08 bits per heavy atom. The third kappa shape index (κ3) is 3.58. The fraction of sp³-hybridized carbons (Fsp3) is 0.773. The van der Waals surface area contributed by atoms with E-state index in [-0.39, 0.29) is 29.2 Å². The van der Waals surface area contributed by atoms with Crippen molar-refractivity contribution in [2.75, 3.05) is 0 Å². The first-order valence-corrected chi connectivity index (χ1v) is 9.82. The van der Waals surface area contributed by atoms with Gasteiger partial charge < -0.3 is 9.47 Å². The van der Waals surface area contributed by atoms with Crippen LogP contribution in [0.25, 0.3) is 0 Å². The Labute approximate surface area is 152 Å². The molecule has 3 nitrogen and oxygen atoms in total. The molecule has 0 amide bonds. The third-order valence-corrected chi connectivity index (χ3v) is 7.12. The second kappa shape index (κ2) is 6.57. The maximum Gasteiger partial charge on any atom is 0.302 e. The van der Waals surface area contributed by atoms with Crippen LogP contribution in [-0.4, -0.2) is 23.8 Å². The first-order chi connectivity index (χ1) is 11.7. The number of carbonyl (C=O) groups excluding carboxylic acids is 1. The van der Waals surface area contributed by atoms with Gasteiger partial charge in [-0.05, 0) is 71.1 Å². The summed E-state index contributed by atoms with van der Waals surface area (Å²) in [5.74, 6) is 0.745. The van der Waals surface area contributed by atoms with E-state index in [1.54, 1.807) is 0 Å². The molecule has 3 rings (SSSR count). The largest absolute Gasteiger partial charge is 0.462 e. The molecule has 1 heterocycles. The van der Waals surface area contributed by atoms with E-state index in [2.05, 4.69) is 40.3 Å². The lowest BCUT2D eigenvalue weighted by molar-refractivity contribution is -0.152. The summed E-state index contributed by atoms with van der Waals surface area (Å²) in [5, 5.41) is 0. The molecular weight excluding hydrogens is 312 g/mol. The van der Waals surface area contributed by atoms with Gasteiger partial charge in [0.05, 0.1) is 11.7 Å². The lowest BCUT2D eigenvalue weighted by atomic mass is 9.68. The molecule has 0 aromatic rings. The van der Waals surface area contributed by atoms with E-state index >= 15 is 0 Å². The predicted octanol–water partition coefficient (Wildman–Crippen LogP) is 5.20. The number of esters is 1. The molecule has 1 aliphatic heterocycles. The second-order valence-corrected chi connectivity index (χ2v) is 9.15. The van der Waals surface area contributed by atoms with Crippen molar-refractivity contribution < 1.29 is 14.3 Å². The number of rotatable bonds is 2. The van der Waals surface area contributed by atoms with Crippen LogP contribution in [0.5, 0.6) is 0 Å². The van der Waals surface area contributed by atoms with Crippen LogP contribution in [0.3, 0.4) is 0 Å². The minimum Gasteiger partial charge on any atom is -0.462 e. The van der Waals surface area contributed by atoms with Crippen LogP contribution in [0.1, 0.15) is 73.1 Å². The predicted molar refractivity (Wildman–Crippen MR) is 100 cm³/mol. The zero-order valence-electron chi connectivity index (χ0n) is 16.6. The molecule has 2 fully saturated rings. The molecule has 3 aliphatic rings. The molecule has 1 saturated carbocycles. The fourth-order valence-electron chi connectivity index (χ4n) is 5.36. The van der Waals surface area contributed by atoms with E-state index in [1.165, 1.54) is 18.1 Å². The Bertz CT molecular complexity index is 592. The maximum atomic E-state index is 11.7. The van der Waals surface area contributed by atoms with Gasteiger partial charge in [-0.1, -0.05) is 30.7 Å². The van der Waals surface area contributed by atoms with Crippen molar-refractivity contribution in [2.24, 2.45) is 17.3 Å². The summed E-state index contributed by atoms with van der Waals surface area (Å²) in [4.78, 5) is 11.7. The van der Waals surface area contributed by atoms with E-state index in [9.17, 15) is 4.79 Å². The first kappa shape index (κ1) is 18.7. The molecule has 3 heteroatoms. The van der Waals surface area contributed by atoms with E-state index in [4.69, 9.17) is 9.47 Å². The fourth-order valence-corrected chi connectivity index (χ4v) is 5.36. The van der Waals surface area contributed by atoms with Crippen LogP contribution in [0.4, 0.5) is 0 Å². The van der Waals surface area contributed by atoms with Crippen LogP contribution >= 0.6 is 0 Å². The number of carbonyl (C=O) groups is 1. The lowest BCUT2D eigenvalue weighted by Gasteiger charge is -2.37. The SMILES string of the molecule is C=C(C)[C@H]1C[C@H](OC(C)=O)[C@]2(C)C[C@@H]3O[C@@]3(C)CCC=C(C)CC[C@@H]12. The van der Waals surface area contributed by atoms with Crippen molar-refractivity contribution in [3.05, 3.63) is 23.8 Å². The summed E-state index contributed by atoms with van der Waals surface area (Å²) < 4.78 is 12.0. The van der Waals surface area contributed by atoms with E-state index in [0.29, 0.717) is 11.8 Å². The molecule has 25 heavy (non-hydrogen) atoms. The number of allylic oxidation sites excluding steroid dienone is 3. The minimum absolute atomic E-state index is 0.00321. The number of hydrogen-bond acceptors (Lipinski definition) is 3. The summed E-state index contributed by atoms with van der Waals surface area (Å²) in [6.45, 7) is 14.7. The van der Waals surface area contributed by atoms with Crippen LogP contribution in [0, 0.1) is 17.3 Å². The average molecular weight is 347 g/mol. The lowest BCUT2D eigenvalue weighted by Crippen LogP contribution is -2.38. The van der Waals surface area contributed by atoms with Gasteiger partial charge in [0.25, 0.3) is 0 Å². The zero-order chi connectivity index (χ0) is 18.4. The molecule has 2 aliphatic carbocycles. The minimum atomic E-state index is -0.169. The van der Waals surface area contributed by atoms with E-state index in [1.807, 2.05) is 0 Å². The Hall–Kier alpha value is -1.09. The molecule has 6 atom stereocenters. The highest BCUT2D eigenvalue weighted by Crippen LogP contribution is 2.59. The Kier molecular flexibility index (Phi) is 4.91. The summed E-state index contributed by atoms with van der Waals surface area (Å²) in [7, 11) is 0. The van der Waals surface area contributed by atoms with Gasteiger partial charge in [-0.3, -0.25) is 4.79 Å². The molecule has 0 aromatic carbocycles. The second-order valence-electron chi connectivity index (χ2n) is 9.15. The van der Waals surface area contributed by atoms with Gasteiger partial charge in [-0.15, -0.1) is 0 Å². The van der Waals surface area contributed by atoms with E-state index < -0.39 is 0 Å². The average Bonchev–Trinajstić information content (AvgIpc) is 3.03. The van der Waals surface area contributed by atoms with Crippen LogP contribution < -0.4 is 0 Å². The molecule has 0 N–H and O–H groups in total. The monoisotopic (exact) mass is 346 g/mol. The Morgan fingerprint density at radius 1 is 1.36 bits per heavy atom. The Morgan fingerprint density at radius 3 is 2.72 bits per heavy atom. The highest BCUT2D eigenvalue weighted by Gasteiger charge is 2.60. The molecule has 0 radical (unpaired) electrons. The quantitative estimate of drug-likeness (QED) is 0.392. The number of ether oxygens (including phenoxy) is 2. The molecule has 0 unspecified atom stereocenters. The van der Waals surface area contributed by atoms with Crippen molar-refractivity contribution in [3.63, 3.8) is 0 Å². The van der Waals surface area contributed by atoms with Crippen LogP contribution in [-0.2, 0) is 14.3 Å². The van der Waals surface area contributed by atoms with Gasteiger partial charge in [-0.2, -0.15) is 0 Å². The number of hydrogen-bond donors (Lipinski definition) is 0. The summed E-state index contributed by atoms with van der Waals surface area (Å²) in [6.07, 6.45) is 8.97. The van der Waals surface area contributed by atoms with Crippen molar-refractivity contribution in [1.82, 2.24) is 0 Å². The standard InChI is InChI=1S/C22H34O3/c1-14(2)17-12-19(24-16(4)23)21(5)13-20-22(6,25-20)11-7-8-15(3)9-10-18(17)21/h8,17-20H,1,7,9-13H2,2-6H3/t17-,18+,19+,20+,21-,22+/m1/s1. The first-order valence-electron chi connectivity index (χ1n) is 9.82. The van der Waals surface area contributed by atoms with Crippen LogP contribution in [0.15, 0.2) is 23.8 Å². The maximum absolute atomic E-state index is 11.7. The molecule has 0 bridgehead atoms. The topological polar surface area (TPSA) is 38.8 Å². The number of epoxide rings is 1. The third-order valence-electron chi connectivity index (χ3n) is 7.12. The van der Waals surface area contributed by atoms with Crippen LogP contribution in [0.2, 0.25) is 0 Å². The van der Waals surface area contributed by atoms with Crippen molar-refractivity contribution in [3.8, 4) is 0 Å². The van der Waals surface area contributed by atoms with Gasteiger partial charge in [0.15, 0.2) is 0 Å². The van der Waals surface area contributed by atoms with Gasteiger partial charge in [0.1, 0.15) is 6.10 Å². The van der Waals surface area contributed by atoms with E-state index in [0.717, 1.165) is 38.5 Å². The molecular formula is C22H34O3. The Balaban J connectivity index is 1.94. The molecule has 1 saturated heterocycles.